The van der Waals surface area contributed by atoms with E-state index in [0.717, 1.165) is 24.7 Å². The number of hydrogen-bond donors (Lipinski definition) is 1. The third kappa shape index (κ3) is 1.52. The number of carbonyl (C=O) groups is 1. The van der Waals surface area contributed by atoms with Gasteiger partial charge in [-0.3, -0.25) is 4.31 Å². The normalized spacial score (nSPS) is 19.9. The van der Waals surface area contributed by atoms with Crippen LogP contribution in [0.5, 0.6) is 0 Å². The number of sulfonamides is 1. The highest BCUT2D eigenvalue weighted by Gasteiger charge is 2.53. The summed E-state index contributed by atoms with van der Waals surface area (Å²) in [6.07, 6.45) is 3.10. The van der Waals surface area contributed by atoms with Crippen molar-refractivity contribution in [1.29, 1.82) is 0 Å². The molecule has 2 aliphatic rings. The van der Waals surface area contributed by atoms with Crippen LogP contribution in [0.15, 0.2) is 18.2 Å². The smallest absolute Gasteiger partial charge is 0.335 e. The topological polar surface area (TPSA) is 74.7 Å². The molecule has 18 heavy (non-hydrogen) atoms. The van der Waals surface area contributed by atoms with Crippen molar-refractivity contribution >= 4 is 21.7 Å². The van der Waals surface area contributed by atoms with Gasteiger partial charge in [-0.25, -0.2) is 13.2 Å². The van der Waals surface area contributed by atoms with Gasteiger partial charge in [0.2, 0.25) is 10.0 Å². The predicted molar refractivity (Wildman–Crippen MR) is 66.5 cm³/mol. The Kier molecular flexibility index (Phi) is 2.09. The Morgan fingerprint density at radius 1 is 1.39 bits per heavy atom. The lowest BCUT2D eigenvalue weighted by atomic mass is 9.97. The Morgan fingerprint density at radius 2 is 2.06 bits per heavy atom. The average molecular weight is 267 g/mol. The minimum Gasteiger partial charge on any atom is -0.478 e. The molecule has 0 radical (unpaired) electrons. The van der Waals surface area contributed by atoms with Crippen LogP contribution in [0.2, 0.25) is 0 Å². The first-order valence-corrected chi connectivity index (χ1v) is 7.54. The van der Waals surface area contributed by atoms with Crippen molar-refractivity contribution in [3.63, 3.8) is 0 Å². The lowest BCUT2D eigenvalue weighted by molar-refractivity contribution is 0.0697. The van der Waals surface area contributed by atoms with E-state index < -0.39 is 16.0 Å². The highest BCUT2D eigenvalue weighted by molar-refractivity contribution is 7.92. The summed E-state index contributed by atoms with van der Waals surface area (Å²) in [5.74, 6) is -1.04. The average Bonchev–Trinajstić information content (AvgIpc) is 2.95. The van der Waals surface area contributed by atoms with E-state index in [4.69, 9.17) is 5.11 Å². The summed E-state index contributed by atoms with van der Waals surface area (Å²) in [5, 5.41) is 8.98. The van der Waals surface area contributed by atoms with E-state index in [1.54, 1.807) is 12.1 Å². The Morgan fingerprint density at radius 3 is 2.56 bits per heavy atom. The largest absolute Gasteiger partial charge is 0.478 e. The summed E-state index contributed by atoms with van der Waals surface area (Å²) >= 11 is 0. The minimum atomic E-state index is -3.35. The van der Waals surface area contributed by atoms with E-state index in [2.05, 4.69) is 0 Å². The lowest BCUT2D eigenvalue weighted by Crippen LogP contribution is -2.30. The molecule has 0 aromatic heterocycles. The zero-order chi connectivity index (χ0) is 13.1. The molecule has 1 aromatic carbocycles. The first-order valence-electron chi connectivity index (χ1n) is 5.69. The van der Waals surface area contributed by atoms with Crippen molar-refractivity contribution in [3.8, 4) is 0 Å². The maximum Gasteiger partial charge on any atom is 0.335 e. The molecule has 3 rings (SSSR count). The standard InChI is InChI=1S/C12H13NO4S/c1-18(16,17)13-7-12(4-5-12)9-3-2-8(11(14)15)6-10(9)13/h2-3,6H,4-5,7H2,1H3,(H,14,15). The Hall–Kier alpha value is -1.56. The summed E-state index contributed by atoms with van der Waals surface area (Å²) in [6, 6.07) is 4.77. The molecule has 0 bridgehead atoms. The van der Waals surface area contributed by atoms with Crippen LogP contribution in [0, 0.1) is 0 Å². The Bertz CT molecular complexity index is 646. The number of anilines is 1. The molecular weight excluding hydrogens is 254 g/mol. The lowest BCUT2D eigenvalue weighted by Gasteiger charge is -2.17. The van der Waals surface area contributed by atoms with Crippen LogP contribution in [-0.4, -0.2) is 32.3 Å². The van der Waals surface area contributed by atoms with Gasteiger partial charge in [0.05, 0.1) is 17.5 Å². The number of fused-ring (bicyclic) bond motifs is 2. The van der Waals surface area contributed by atoms with Crippen molar-refractivity contribution in [2.24, 2.45) is 0 Å². The van der Waals surface area contributed by atoms with Crippen molar-refractivity contribution in [2.45, 2.75) is 18.3 Å². The quantitative estimate of drug-likeness (QED) is 0.873. The van der Waals surface area contributed by atoms with E-state index in [9.17, 15) is 13.2 Å². The van der Waals surface area contributed by atoms with Gasteiger partial charge in [0.25, 0.3) is 0 Å². The van der Waals surface area contributed by atoms with E-state index in [1.165, 1.54) is 10.4 Å². The predicted octanol–water partition coefficient (Wildman–Crippen LogP) is 1.20. The molecule has 1 fully saturated rings. The number of aromatic carboxylic acids is 1. The van der Waals surface area contributed by atoms with Gasteiger partial charge in [-0.05, 0) is 30.5 Å². The molecular formula is C12H13NO4S. The number of rotatable bonds is 2. The molecule has 6 heteroatoms. The second-order valence-electron chi connectivity index (χ2n) is 5.09. The highest BCUT2D eigenvalue weighted by atomic mass is 32.2. The molecule has 0 amide bonds. The zero-order valence-electron chi connectivity index (χ0n) is 9.88. The van der Waals surface area contributed by atoms with Crippen LogP contribution in [-0.2, 0) is 15.4 Å². The monoisotopic (exact) mass is 267 g/mol. The molecule has 0 saturated heterocycles. The molecule has 96 valence electrons. The van der Waals surface area contributed by atoms with Crippen molar-refractivity contribution < 1.29 is 18.3 Å². The molecule has 0 unspecified atom stereocenters. The van der Waals surface area contributed by atoms with Crippen LogP contribution in [0.25, 0.3) is 0 Å². The van der Waals surface area contributed by atoms with Crippen LogP contribution in [0.1, 0.15) is 28.8 Å². The van der Waals surface area contributed by atoms with Crippen molar-refractivity contribution in [3.05, 3.63) is 29.3 Å². The van der Waals surface area contributed by atoms with Gasteiger partial charge in [0, 0.05) is 12.0 Å². The summed E-state index contributed by atoms with van der Waals surface area (Å²) in [7, 11) is -3.35. The molecule has 1 aliphatic carbocycles. The number of benzene rings is 1. The van der Waals surface area contributed by atoms with Crippen LogP contribution < -0.4 is 4.31 Å². The first-order chi connectivity index (χ1) is 8.33. The molecule has 1 saturated carbocycles. The second kappa shape index (κ2) is 3.26. The third-order valence-electron chi connectivity index (χ3n) is 3.78. The maximum atomic E-state index is 11.8. The maximum absolute atomic E-state index is 11.8. The molecule has 1 heterocycles. The van der Waals surface area contributed by atoms with E-state index in [1.807, 2.05) is 0 Å². The minimum absolute atomic E-state index is 0.0601. The third-order valence-corrected chi connectivity index (χ3v) is 4.91. The summed E-state index contributed by atoms with van der Waals surface area (Å²) in [5.41, 5.74) is 1.57. The summed E-state index contributed by atoms with van der Waals surface area (Å²) in [6.45, 7) is 0.449. The van der Waals surface area contributed by atoms with Crippen molar-refractivity contribution in [1.82, 2.24) is 0 Å². The summed E-state index contributed by atoms with van der Waals surface area (Å²) in [4.78, 5) is 11.0. The van der Waals surface area contributed by atoms with Crippen molar-refractivity contribution in [2.75, 3.05) is 17.1 Å². The summed E-state index contributed by atoms with van der Waals surface area (Å²) < 4.78 is 24.9. The van der Waals surface area contributed by atoms with E-state index >= 15 is 0 Å². The highest BCUT2D eigenvalue weighted by Crippen LogP contribution is 2.57. The van der Waals surface area contributed by atoms with Gasteiger partial charge in [0.1, 0.15) is 0 Å². The number of carboxylic acid groups (broad SMARTS) is 1. The SMILES string of the molecule is CS(=O)(=O)N1CC2(CC2)c2ccc(C(=O)O)cc21. The molecule has 1 N–H and O–H groups in total. The molecule has 1 spiro atoms. The van der Waals surface area contributed by atoms with Gasteiger partial charge in [0.15, 0.2) is 0 Å². The number of hydrogen-bond acceptors (Lipinski definition) is 3. The number of nitrogens with zero attached hydrogens (tertiary/aromatic N) is 1. The van der Waals surface area contributed by atoms with Crippen LogP contribution >= 0.6 is 0 Å². The number of carboxylic acids is 1. The van der Waals surface area contributed by atoms with Gasteiger partial charge in [-0.15, -0.1) is 0 Å². The molecule has 5 nitrogen and oxygen atoms in total. The van der Waals surface area contributed by atoms with Gasteiger partial charge >= 0.3 is 5.97 Å². The molecule has 1 aromatic rings. The van der Waals surface area contributed by atoms with Crippen LogP contribution in [0.4, 0.5) is 5.69 Å². The van der Waals surface area contributed by atoms with Gasteiger partial charge in [-0.1, -0.05) is 6.07 Å². The molecule has 0 atom stereocenters. The fourth-order valence-corrected chi connectivity index (χ4v) is 3.63. The fraction of sp³-hybridized carbons (Fsp3) is 0.417. The molecule has 1 aliphatic heterocycles. The second-order valence-corrected chi connectivity index (χ2v) is 6.99. The zero-order valence-corrected chi connectivity index (χ0v) is 10.7. The van der Waals surface area contributed by atoms with E-state index in [0.29, 0.717) is 12.2 Å². The first kappa shape index (κ1) is 11.5. The van der Waals surface area contributed by atoms with Gasteiger partial charge in [-0.2, -0.15) is 0 Å². The Labute approximate surface area is 105 Å². The fourth-order valence-electron chi connectivity index (χ4n) is 2.64. The Balaban J connectivity index is 2.18. The van der Waals surface area contributed by atoms with Crippen LogP contribution in [0.3, 0.4) is 0 Å². The van der Waals surface area contributed by atoms with Gasteiger partial charge < -0.3 is 5.11 Å². The van der Waals surface area contributed by atoms with E-state index in [-0.39, 0.29) is 11.0 Å².